The van der Waals surface area contributed by atoms with E-state index in [0.29, 0.717) is 28.9 Å². The molecule has 0 spiro atoms. The Morgan fingerprint density at radius 3 is 1.60 bits per heavy atom. The number of benzene rings is 8. The van der Waals surface area contributed by atoms with Crippen LogP contribution in [-0.2, 0) is 0 Å². The van der Waals surface area contributed by atoms with Crippen LogP contribution in [-0.4, -0.2) is 20.7 Å². The second kappa shape index (κ2) is 15.8. The lowest BCUT2D eigenvalue weighted by Gasteiger charge is -2.10. The summed E-state index contributed by atoms with van der Waals surface area (Å²) in [4.78, 5) is 20.4. The molecular weight excluding hydrogens is 773 g/mol. The summed E-state index contributed by atoms with van der Waals surface area (Å²) in [6.45, 7) is 6.45. The molecule has 0 saturated heterocycles. The first-order valence-corrected chi connectivity index (χ1v) is 20.9. The first kappa shape index (κ1) is 37.5. The highest BCUT2D eigenvalue weighted by Crippen LogP contribution is 2.41. The highest BCUT2D eigenvalue weighted by Gasteiger charge is 2.23. The maximum Gasteiger partial charge on any atom is 0.164 e. The van der Waals surface area contributed by atoms with Gasteiger partial charge in [0.25, 0.3) is 0 Å². The van der Waals surface area contributed by atoms with Gasteiger partial charge in [-0.3, -0.25) is 0 Å². The fraction of sp³-hybridized carbons (Fsp3) is 0.0175. The van der Waals surface area contributed by atoms with E-state index in [9.17, 15) is 0 Å². The van der Waals surface area contributed by atoms with E-state index < -0.39 is 0 Å². The van der Waals surface area contributed by atoms with Crippen molar-refractivity contribution in [2.75, 3.05) is 0 Å². The zero-order valence-electron chi connectivity index (χ0n) is 34.4. The van der Waals surface area contributed by atoms with Crippen molar-refractivity contribution < 1.29 is 8.83 Å². The zero-order valence-corrected chi connectivity index (χ0v) is 34.4. The van der Waals surface area contributed by atoms with Gasteiger partial charge in [-0.2, -0.15) is 0 Å². The van der Waals surface area contributed by atoms with Crippen molar-refractivity contribution in [1.29, 1.82) is 0 Å². The molecule has 0 fully saturated rings. The van der Waals surface area contributed by atoms with E-state index in [1.165, 1.54) is 0 Å². The molecule has 0 aliphatic heterocycles. The Morgan fingerprint density at radius 1 is 0.429 bits per heavy atom. The number of aryl methyl sites for hydroxylation is 1. The summed E-state index contributed by atoms with van der Waals surface area (Å²) in [5, 5.41) is 2.90. The minimum absolute atomic E-state index is 0.562. The highest BCUT2D eigenvalue weighted by atomic mass is 16.3. The maximum atomic E-state index is 6.75. The van der Waals surface area contributed by atoms with E-state index in [4.69, 9.17) is 28.8 Å². The first-order chi connectivity index (χ1) is 31.1. The van der Waals surface area contributed by atoms with Crippen molar-refractivity contribution in [3.05, 3.63) is 229 Å². The lowest BCUT2D eigenvalue weighted by atomic mass is 9.95. The summed E-state index contributed by atoms with van der Waals surface area (Å²) in [6.07, 6.45) is 0. The Kier molecular flexibility index (Phi) is 9.44. The van der Waals surface area contributed by atoms with Gasteiger partial charge in [-0.1, -0.05) is 183 Å². The molecule has 6 nitrogen and oxygen atoms in total. The molecule has 0 saturated carbocycles. The molecule has 298 valence electrons. The maximum absolute atomic E-state index is 6.75. The van der Waals surface area contributed by atoms with Crippen LogP contribution in [0.15, 0.2) is 221 Å². The second-order valence-electron chi connectivity index (χ2n) is 15.5. The van der Waals surface area contributed by atoms with Gasteiger partial charge in [-0.15, -0.1) is 0 Å². The summed E-state index contributed by atoms with van der Waals surface area (Å²) in [6, 6.07) is 67.6. The molecule has 0 unspecified atom stereocenters. The van der Waals surface area contributed by atoms with Crippen molar-refractivity contribution in [3.63, 3.8) is 0 Å². The zero-order chi connectivity index (χ0) is 42.3. The molecule has 63 heavy (non-hydrogen) atoms. The molecule has 0 bridgehead atoms. The third-order valence-electron chi connectivity index (χ3n) is 11.5. The van der Waals surface area contributed by atoms with Crippen molar-refractivity contribution >= 4 is 44.3 Å². The molecule has 0 aliphatic carbocycles. The molecule has 0 N–H and O–H groups in total. The molecule has 3 aromatic heterocycles. The molecule has 11 rings (SSSR count). The van der Waals surface area contributed by atoms with Crippen LogP contribution in [0.1, 0.15) is 22.5 Å². The van der Waals surface area contributed by atoms with E-state index in [-0.39, 0.29) is 0 Å². The SMILES string of the molecule is C=C(N=C(c1ccccc1)c1oc2cccc(-c3ccc4oc5cccc(-c6nc(-c7ccccc7)nc(-c7ccc(-c8ccccc8)cc7)n6)c5c4c3)c2c1C)c1ccccc1. The molecular formula is C57H38N4O2. The molecule has 0 radical (unpaired) electrons. The normalized spacial score (nSPS) is 11.7. The Hall–Kier alpha value is -8.48. The summed E-state index contributed by atoms with van der Waals surface area (Å²) in [7, 11) is 0. The molecule has 0 aliphatic rings. The minimum atomic E-state index is 0.562. The van der Waals surface area contributed by atoms with Crippen molar-refractivity contribution in [1.82, 2.24) is 15.0 Å². The Labute approximate surface area is 364 Å². The van der Waals surface area contributed by atoms with Gasteiger partial charge in [0.1, 0.15) is 22.5 Å². The van der Waals surface area contributed by atoms with Gasteiger partial charge in [0.2, 0.25) is 0 Å². The molecule has 3 heterocycles. The van der Waals surface area contributed by atoms with Gasteiger partial charge in [0, 0.05) is 44.0 Å². The number of hydrogen-bond acceptors (Lipinski definition) is 6. The number of hydrogen-bond donors (Lipinski definition) is 0. The highest BCUT2D eigenvalue weighted by molar-refractivity contribution is 6.17. The van der Waals surface area contributed by atoms with Gasteiger partial charge in [-0.25, -0.2) is 19.9 Å². The number of furan rings is 2. The number of aromatic nitrogens is 3. The predicted molar refractivity (Wildman–Crippen MR) is 256 cm³/mol. The van der Waals surface area contributed by atoms with Gasteiger partial charge in [0.15, 0.2) is 23.2 Å². The quantitative estimate of drug-likeness (QED) is 0.136. The van der Waals surface area contributed by atoms with E-state index >= 15 is 0 Å². The fourth-order valence-corrected chi connectivity index (χ4v) is 8.41. The van der Waals surface area contributed by atoms with Crippen molar-refractivity contribution in [2.45, 2.75) is 6.92 Å². The summed E-state index contributed by atoms with van der Waals surface area (Å²) < 4.78 is 13.3. The lowest BCUT2D eigenvalue weighted by molar-refractivity contribution is 0.602. The minimum Gasteiger partial charge on any atom is -0.456 e. The van der Waals surface area contributed by atoms with E-state index in [2.05, 4.69) is 98.4 Å². The third kappa shape index (κ3) is 6.99. The van der Waals surface area contributed by atoms with E-state index in [1.807, 2.05) is 115 Å². The predicted octanol–water partition coefficient (Wildman–Crippen LogP) is 14.7. The Balaban J connectivity index is 1.05. The number of fused-ring (bicyclic) bond motifs is 4. The summed E-state index contributed by atoms with van der Waals surface area (Å²) in [5.41, 5.74) is 13.5. The average molecular weight is 811 g/mol. The number of aliphatic imine (C=N–C) groups is 1. The standard InChI is InChI=1S/C57H38N4O2/c1-36-51-45(25-15-27-49(51)63-54(36)53(41-21-11-5-12-22-41)58-37(2)38-17-7-3-8-18-38)44-33-34-48-47(35-44)52-46(26-16-28-50(52)62-48)57-60-55(42-23-13-6-14-24-42)59-56(61-57)43-31-29-40(30-32-43)39-19-9-4-10-20-39/h3-35H,2H2,1H3. The third-order valence-corrected chi connectivity index (χ3v) is 11.5. The molecule has 11 aromatic rings. The van der Waals surface area contributed by atoms with Crippen LogP contribution >= 0.6 is 0 Å². The first-order valence-electron chi connectivity index (χ1n) is 20.9. The van der Waals surface area contributed by atoms with Crippen LogP contribution in [0.2, 0.25) is 0 Å². The van der Waals surface area contributed by atoms with Crippen molar-refractivity contribution in [3.8, 4) is 56.4 Å². The van der Waals surface area contributed by atoms with Crippen LogP contribution in [0.25, 0.3) is 95.0 Å². The largest absolute Gasteiger partial charge is 0.456 e. The summed E-state index contributed by atoms with van der Waals surface area (Å²) in [5.74, 6) is 2.45. The van der Waals surface area contributed by atoms with Crippen LogP contribution in [0.5, 0.6) is 0 Å². The van der Waals surface area contributed by atoms with E-state index in [1.54, 1.807) is 0 Å². The lowest BCUT2D eigenvalue weighted by Crippen LogP contribution is -2.04. The molecule has 0 atom stereocenters. The fourth-order valence-electron chi connectivity index (χ4n) is 8.41. The van der Waals surface area contributed by atoms with Crippen LogP contribution in [0.3, 0.4) is 0 Å². The molecule has 8 aromatic carbocycles. The average Bonchev–Trinajstić information content (AvgIpc) is 3.91. The number of rotatable bonds is 9. The van der Waals surface area contributed by atoms with Gasteiger partial charge in [0.05, 0.1) is 5.70 Å². The van der Waals surface area contributed by atoms with Crippen molar-refractivity contribution in [2.24, 2.45) is 4.99 Å². The summed E-state index contributed by atoms with van der Waals surface area (Å²) >= 11 is 0. The topological polar surface area (TPSA) is 77.3 Å². The smallest absolute Gasteiger partial charge is 0.164 e. The Bertz CT molecular complexity index is 3500. The van der Waals surface area contributed by atoms with Gasteiger partial charge < -0.3 is 8.83 Å². The molecule has 6 heteroatoms. The van der Waals surface area contributed by atoms with Crippen LogP contribution in [0, 0.1) is 6.92 Å². The van der Waals surface area contributed by atoms with Crippen LogP contribution in [0.4, 0.5) is 0 Å². The molecule has 0 amide bonds. The van der Waals surface area contributed by atoms with E-state index in [0.717, 1.165) is 94.3 Å². The van der Waals surface area contributed by atoms with Gasteiger partial charge >= 0.3 is 0 Å². The second-order valence-corrected chi connectivity index (χ2v) is 15.5. The van der Waals surface area contributed by atoms with Gasteiger partial charge in [-0.05, 0) is 59.0 Å². The monoisotopic (exact) mass is 810 g/mol. The Morgan fingerprint density at radius 2 is 0.937 bits per heavy atom. The van der Waals surface area contributed by atoms with Crippen LogP contribution < -0.4 is 0 Å². The number of nitrogens with zero attached hydrogens (tertiary/aromatic N) is 4.